The predicted octanol–water partition coefficient (Wildman–Crippen LogP) is 3.79. The molecule has 3 aromatic rings. The Kier molecular flexibility index (Phi) is 4.71. The molecule has 1 N–H and O–H groups in total. The lowest BCUT2D eigenvalue weighted by Gasteiger charge is -2.34. The van der Waals surface area contributed by atoms with Crippen molar-refractivity contribution in [1.82, 2.24) is 9.13 Å². The van der Waals surface area contributed by atoms with Crippen LogP contribution in [0.2, 0.25) is 0 Å². The van der Waals surface area contributed by atoms with Crippen molar-refractivity contribution in [3.8, 4) is 17.0 Å². The Labute approximate surface area is 187 Å². The maximum absolute atomic E-state index is 12.8. The van der Waals surface area contributed by atoms with Crippen molar-refractivity contribution in [2.45, 2.75) is 50.2 Å². The third-order valence-corrected chi connectivity index (χ3v) is 7.59. The first-order valence-corrected chi connectivity index (χ1v) is 12.9. The van der Waals surface area contributed by atoms with Crippen molar-refractivity contribution in [2.24, 2.45) is 13.0 Å². The van der Waals surface area contributed by atoms with Crippen LogP contribution in [0.25, 0.3) is 22.2 Å². The predicted molar refractivity (Wildman–Crippen MR) is 126 cm³/mol. The first-order valence-electron chi connectivity index (χ1n) is 11.0. The van der Waals surface area contributed by atoms with Gasteiger partial charge in [-0.1, -0.05) is 18.9 Å². The largest absolute Gasteiger partial charge is 0.483 e. The van der Waals surface area contributed by atoms with Crippen molar-refractivity contribution in [1.29, 1.82) is 0 Å². The highest BCUT2D eigenvalue weighted by Gasteiger charge is 2.32. The maximum Gasteiger partial charge on any atom is 0.277 e. The van der Waals surface area contributed by atoms with E-state index < -0.39 is 15.4 Å². The first kappa shape index (κ1) is 21.1. The number of hydrogen-bond donors (Lipinski definition) is 1. The number of hydrogen-bond acceptors (Lipinski definition) is 5. The first-order chi connectivity index (χ1) is 15.0. The van der Waals surface area contributed by atoms with Crippen LogP contribution in [0.15, 0.2) is 40.2 Å². The number of aromatic nitrogens is 2. The van der Waals surface area contributed by atoms with Gasteiger partial charge in [0.2, 0.25) is 0 Å². The Morgan fingerprint density at radius 1 is 1.25 bits per heavy atom. The zero-order valence-electron chi connectivity index (χ0n) is 18.9. The molecule has 1 fully saturated rings. The fourth-order valence-corrected chi connectivity index (χ4v) is 5.43. The highest BCUT2D eigenvalue weighted by molar-refractivity contribution is 7.91. The molecular weight excluding hydrogens is 426 g/mol. The van der Waals surface area contributed by atoms with E-state index in [4.69, 9.17) is 4.74 Å². The lowest BCUT2D eigenvalue weighted by Crippen LogP contribution is -2.42. The van der Waals surface area contributed by atoms with Crippen LogP contribution in [0.4, 0.5) is 5.69 Å². The molecule has 32 heavy (non-hydrogen) atoms. The molecular formula is C24H29N3O4S. The Morgan fingerprint density at radius 2 is 2.00 bits per heavy atom. The lowest BCUT2D eigenvalue weighted by molar-refractivity contribution is 0.116. The molecule has 0 bridgehead atoms. The molecule has 170 valence electrons. The van der Waals surface area contributed by atoms with Gasteiger partial charge in [0.05, 0.1) is 22.7 Å². The summed E-state index contributed by atoms with van der Waals surface area (Å²) in [5.41, 5.74) is 2.37. The lowest BCUT2D eigenvalue weighted by atomic mass is 10.0. The van der Waals surface area contributed by atoms with Crippen LogP contribution in [-0.2, 0) is 23.4 Å². The van der Waals surface area contributed by atoms with Crippen molar-refractivity contribution >= 4 is 26.4 Å². The van der Waals surface area contributed by atoms with Crippen LogP contribution in [-0.4, -0.2) is 36.0 Å². The van der Waals surface area contributed by atoms with Crippen molar-refractivity contribution in [3.05, 3.63) is 40.8 Å². The number of pyridine rings is 1. The summed E-state index contributed by atoms with van der Waals surface area (Å²) in [6.45, 7) is 5.27. The average molecular weight is 456 g/mol. The van der Waals surface area contributed by atoms with Gasteiger partial charge < -0.3 is 19.2 Å². The van der Waals surface area contributed by atoms with Gasteiger partial charge in [0, 0.05) is 36.9 Å². The molecule has 7 nitrogen and oxygen atoms in total. The summed E-state index contributed by atoms with van der Waals surface area (Å²) in [5, 5.41) is 3.96. The molecule has 3 heterocycles. The van der Waals surface area contributed by atoms with Crippen LogP contribution in [0, 0.1) is 5.92 Å². The SMILES string of the molecule is Cn1cc(-c2cc3c(S(C)(=O)=O)cccc3n2CCC2CC2)c2c(c1=O)NCC(C)(C)O2. The molecule has 0 atom stereocenters. The minimum Gasteiger partial charge on any atom is -0.483 e. The number of fused-ring (bicyclic) bond motifs is 2. The molecule has 0 radical (unpaired) electrons. The fourth-order valence-electron chi connectivity index (χ4n) is 4.54. The Balaban J connectivity index is 1.80. The normalized spacial score (nSPS) is 17.6. The van der Waals surface area contributed by atoms with Gasteiger partial charge in [-0.25, -0.2) is 8.42 Å². The van der Waals surface area contributed by atoms with E-state index in [2.05, 4.69) is 9.88 Å². The summed E-state index contributed by atoms with van der Waals surface area (Å²) in [5.74, 6) is 1.25. The van der Waals surface area contributed by atoms with E-state index in [0.29, 0.717) is 28.3 Å². The highest BCUT2D eigenvalue weighted by atomic mass is 32.2. The molecule has 1 aromatic carbocycles. The van der Waals surface area contributed by atoms with Gasteiger partial charge in [-0.2, -0.15) is 0 Å². The maximum atomic E-state index is 12.8. The quantitative estimate of drug-likeness (QED) is 0.633. The Morgan fingerprint density at radius 3 is 2.69 bits per heavy atom. The van der Waals surface area contributed by atoms with E-state index in [9.17, 15) is 13.2 Å². The smallest absolute Gasteiger partial charge is 0.277 e. The molecule has 5 rings (SSSR count). The molecule has 1 aliphatic heterocycles. The van der Waals surface area contributed by atoms with Gasteiger partial charge in [0.1, 0.15) is 11.3 Å². The molecule has 0 amide bonds. The zero-order chi connectivity index (χ0) is 22.8. The van der Waals surface area contributed by atoms with E-state index in [1.807, 2.05) is 26.0 Å². The number of benzene rings is 1. The van der Waals surface area contributed by atoms with Gasteiger partial charge in [0.25, 0.3) is 5.56 Å². The number of aryl methyl sites for hydroxylation is 2. The van der Waals surface area contributed by atoms with E-state index in [1.54, 1.807) is 29.9 Å². The van der Waals surface area contributed by atoms with E-state index in [0.717, 1.165) is 35.7 Å². The monoisotopic (exact) mass is 455 g/mol. The van der Waals surface area contributed by atoms with E-state index in [-0.39, 0.29) is 5.56 Å². The third-order valence-electron chi connectivity index (χ3n) is 6.44. The zero-order valence-corrected chi connectivity index (χ0v) is 19.8. The molecule has 1 aliphatic carbocycles. The standard InChI is InChI=1S/C24H29N3O4S/c1-24(2)14-25-21-22(31-24)17(13-26(3)23(21)28)19-12-16-18(27(19)11-10-15-8-9-15)6-5-7-20(16)32(4,29)30/h5-7,12-13,15,25H,8-11,14H2,1-4H3. The van der Waals surface area contributed by atoms with Crippen molar-refractivity contribution in [3.63, 3.8) is 0 Å². The van der Waals surface area contributed by atoms with E-state index in [1.165, 1.54) is 19.1 Å². The van der Waals surface area contributed by atoms with Gasteiger partial charge in [-0.05, 0) is 44.4 Å². The summed E-state index contributed by atoms with van der Waals surface area (Å²) in [7, 11) is -1.67. The van der Waals surface area contributed by atoms with Crippen LogP contribution in [0.5, 0.6) is 5.75 Å². The summed E-state index contributed by atoms with van der Waals surface area (Å²) >= 11 is 0. The van der Waals surface area contributed by atoms with Crippen LogP contribution < -0.4 is 15.6 Å². The van der Waals surface area contributed by atoms with Crippen LogP contribution in [0.3, 0.4) is 0 Å². The van der Waals surface area contributed by atoms with Crippen molar-refractivity contribution < 1.29 is 13.2 Å². The molecule has 0 spiro atoms. The molecule has 0 saturated heterocycles. The average Bonchev–Trinajstić information content (AvgIpc) is 3.47. The van der Waals surface area contributed by atoms with Crippen LogP contribution >= 0.6 is 0 Å². The Bertz CT molecular complexity index is 1390. The second kappa shape index (κ2) is 7.13. The van der Waals surface area contributed by atoms with Crippen molar-refractivity contribution in [2.75, 3.05) is 18.1 Å². The molecule has 2 aliphatic rings. The highest BCUT2D eigenvalue weighted by Crippen LogP contribution is 2.43. The summed E-state index contributed by atoms with van der Waals surface area (Å²) in [6.07, 6.45) is 6.58. The van der Waals surface area contributed by atoms with Gasteiger partial charge in [0.15, 0.2) is 15.6 Å². The fraction of sp³-hybridized carbons (Fsp3) is 0.458. The third kappa shape index (κ3) is 3.60. The summed E-state index contributed by atoms with van der Waals surface area (Å²) < 4.78 is 35.1. The van der Waals surface area contributed by atoms with Gasteiger partial charge in [-0.3, -0.25) is 4.79 Å². The number of rotatable bonds is 5. The van der Waals surface area contributed by atoms with Gasteiger partial charge >= 0.3 is 0 Å². The number of nitrogens with one attached hydrogen (secondary N) is 1. The van der Waals surface area contributed by atoms with E-state index >= 15 is 0 Å². The molecule has 0 unspecified atom stereocenters. The summed E-state index contributed by atoms with van der Waals surface area (Å²) in [6, 6.07) is 7.36. The second-order valence-electron chi connectivity index (χ2n) is 9.75. The minimum absolute atomic E-state index is 0.142. The van der Waals surface area contributed by atoms with Gasteiger partial charge in [-0.15, -0.1) is 0 Å². The molecule has 8 heteroatoms. The topological polar surface area (TPSA) is 82.3 Å². The minimum atomic E-state index is -3.40. The number of sulfone groups is 1. The molecule has 2 aromatic heterocycles. The molecule has 1 saturated carbocycles. The summed E-state index contributed by atoms with van der Waals surface area (Å²) in [4.78, 5) is 13.1. The number of nitrogens with zero attached hydrogens (tertiary/aromatic N) is 2. The van der Waals surface area contributed by atoms with Crippen LogP contribution in [0.1, 0.15) is 33.1 Å². The number of ether oxygens (including phenoxy) is 1. The second-order valence-corrected chi connectivity index (χ2v) is 11.7. The number of anilines is 1. The Hall–Kier alpha value is -2.74.